The van der Waals surface area contributed by atoms with Gasteiger partial charge >= 0.3 is 0 Å². The second kappa shape index (κ2) is 19.8. The van der Waals surface area contributed by atoms with E-state index in [0.29, 0.717) is 32.7 Å². The molecule has 0 fully saturated rings. The van der Waals surface area contributed by atoms with E-state index in [1.807, 2.05) is 48.5 Å². The Morgan fingerprint density at radius 3 is 0.898 bits per heavy atom. The standard InChI is InChI=1S/C72H28B14O2/c73-55-49(61(79)69-51(57(55)75)53-59(77)63(81)65(83)67(85)71(53)87-69)47-41-15-5-1-11-37(41)45(38-12-2-6-16-42(38)47)32-26-24-29-27-31(25-23-30(29)28-32)33-19-9-21-35-34(33)20-10-22-36(35)46-39-13-3-7-17-43(39)48(44-18-8-4-14-40(44)46)50-56(74)58(76)52-54-60(78)64(82)66(84)68(86)72(54)88-70(52)62(50)80/h1-28H. The Morgan fingerprint density at radius 1 is 0.193 bits per heavy atom. The van der Waals surface area contributed by atoms with E-state index in [0.717, 1.165) is 109 Å². The van der Waals surface area contributed by atoms with E-state index >= 15 is 0 Å². The molecule has 0 aliphatic rings. The Labute approximate surface area is 525 Å². The van der Waals surface area contributed by atoms with Crippen molar-refractivity contribution in [3.05, 3.63) is 170 Å². The summed E-state index contributed by atoms with van der Waals surface area (Å²) in [7, 11) is 93.9. The van der Waals surface area contributed by atoms with Gasteiger partial charge in [-0.3, -0.25) is 0 Å². The first-order valence-electron chi connectivity index (χ1n) is 28.4. The monoisotopic (exact) mass is 1080 g/mol. The molecule has 0 saturated heterocycles. The van der Waals surface area contributed by atoms with Crippen LogP contribution in [-0.2, 0) is 0 Å². The van der Waals surface area contributed by atoms with E-state index in [4.69, 9.17) is 119 Å². The highest BCUT2D eigenvalue weighted by Crippen LogP contribution is 2.48. The van der Waals surface area contributed by atoms with Crippen molar-refractivity contribution in [1.82, 2.24) is 0 Å². The number of hydrogen-bond donors (Lipinski definition) is 0. The van der Waals surface area contributed by atoms with Crippen molar-refractivity contribution in [3.8, 4) is 55.6 Å². The molecule has 28 radical (unpaired) electrons. The first kappa shape index (κ1) is 54.5. The van der Waals surface area contributed by atoms with E-state index in [1.54, 1.807) is 0 Å². The molecule has 0 aliphatic carbocycles. The van der Waals surface area contributed by atoms with Crippen LogP contribution in [0.2, 0.25) is 0 Å². The molecule has 16 heteroatoms. The molecule has 0 spiro atoms. The van der Waals surface area contributed by atoms with Crippen LogP contribution in [-0.4, -0.2) is 110 Å². The largest absolute Gasteiger partial charge is 0.457 e. The van der Waals surface area contributed by atoms with Crippen LogP contribution in [0, 0.1) is 0 Å². The fourth-order valence-corrected chi connectivity index (χ4v) is 14.1. The van der Waals surface area contributed by atoms with Crippen LogP contribution < -0.4 is 76.5 Å². The molecule has 16 rings (SSSR count). The Hall–Kier alpha value is -8.85. The summed E-state index contributed by atoms with van der Waals surface area (Å²) in [6, 6.07) is 59.4. The zero-order chi connectivity index (χ0) is 60.6. The quantitative estimate of drug-likeness (QED) is 0.194. The second-order valence-electron chi connectivity index (χ2n) is 22.7. The topological polar surface area (TPSA) is 26.3 Å². The van der Waals surface area contributed by atoms with Crippen molar-refractivity contribution < 1.29 is 8.83 Å². The van der Waals surface area contributed by atoms with E-state index < -0.39 is 0 Å². The SMILES string of the molecule is [B]c1c([B])c([B])c2c(oc3c([B])c(-c4c5ccccc5c(-c5ccc6cc(-c7cccc8c(-c9c%10ccccc%10c(-c%10c([B])c([B])c%11c(oc%12c([B])c([B])c([B])c([B])c%12%11)c%10[B])c%10ccccc9%10)cccc78)ccc6c5)c5ccccc45)c([B])c([B])c32)c1[B]. The Bertz CT molecular complexity index is 5770. The van der Waals surface area contributed by atoms with Crippen LogP contribution in [0.3, 0.4) is 0 Å². The van der Waals surface area contributed by atoms with Crippen LogP contribution >= 0.6 is 0 Å². The lowest BCUT2D eigenvalue weighted by atomic mass is 9.64. The highest BCUT2D eigenvalue weighted by Gasteiger charge is 2.28. The molecule has 2 heterocycles. The second-order valence-corrected chi connectivity index (χ2v) is 22.7. The average Bonchev–Trinajstić information content (AvgIpc) is 1.31. The molecular weight excluding hydrogens is 1050 g/mol. The molecule has 2 aromatic heterocycles. The van der Waals surface area contributed by atoms with Crippen molar-refractivity contribution >= 4 is 295 Å². The van der Waals surface area contributed by atoms with Crippen LogP contribution in [0.25, 0.3) is 164 Å². The molecule has 0 saturated carbocycles. The minimum absolute atomic E-state index is 0.111. The van der Waals surface area contributed by atoms with E-state index in [9.17, 15) is 0 Å². The van der Waals surface area contributed by atoms with Crippen molar-refractivity contribution in [2.75, 3.05) is 0 Å². The fraction of sp³-hybridized carbons (Fsp3) is 0. The van der Waals surface area contributed by atoms with Gasteiger partial charge in [0.25, 0.3) is 0 Å². The molecule has 14 aromatic carbocycles. The highest BCUT2D eigenvalue weighted by atomic mass is 16.3. The van der Waals surface area contributed by atoms with Gasteiger partial charge in [-0.1, -0.05) is 201 Å². The molecule has 0 aliphatic heterocycles. The van der Waals surface area contributed by atoms with Crippen LogP contribution in [0.1, 0.15) is 0 Å². The summed E-state index contributed by atoms with van der Waals surface area (Å²) in [5.74, 6) is 0. The van der Waals surface area contributed by atoms with Gasteiger partial charge in [0, 0.05) is 21.5 Å². The number of benzene rings is 14. The smallest absolute Gasteiger partial charge is 0.128 e. The van der Waals surface area contributed by atoms with Gasteiger partial charge in [0.05, 0.1) is 0 Å². The Balaban J connectivity index is 0.829. The van der Waals surface area contributed by atoms with E-state index in [2.05, 4.69) is 121 Å². The first-order valence-corrected chi connectivity index (χ1v) is 28.4. The summed E-state index contributed by atoms with van der Waals surface area (Å²) < 4.78 is 12.9. The molecule has 370 valence electrons. The third kappa shape index (κ3) is 7.44. The molecule has 2 nitrogen and oxygen atoms in total. The molecule has 16 aromatic rings. The fourth-order valence-electron chi connectivity index (χ4n) is 14.1. The maximum absolute atomic E-state index is 7.22. The Morgan fingerprint density at radius 2 is 0.489 bits per heavy atom. The van der Waals surface area contributed by atoms with Gasteiger partial charge in [-0.2, -0.15) is 0 Å². The zero-order valence-electron chi connectivity index (χ0n) is 47.1. The summed E-state index contributed by atoms with van der Waals surface area (Å²) in [6.07, 6.45) is 0. The molecule has 0 bridgehead atoms. The normalized spacial score (nSPS) is 12.0. The maximum atomic E-state index is 7.22. The molecule has 0 unspecified atom stereocenters. The molecular formula is C72H28B14O2. The number of furan rings is 2. The Kier molecular flexibility index (Phi) is 12.3. The molecule has 88 heavy (non-hydrogen) atoms. The summed E-state index contributed by atoms with van der Waals surface area (Å²) in [5, 5.41) is 13.6. The molecule has 0 atom stereocenters. The van der Waals surface area contributed by atoms with Crippen molar-refractivity contribution in [2.24, 2.45) is 0 Å². The van der Waals surface area contributed by atoms with Gasteiger partial charge in [0.1, 0.15) is 132 Å². The predicted molar refractivity (Wildman–Crippen MR) is 389 cm³/mol. The van der Waals surface area contributed by atoms with Crippen molar-refractivity contribution in [3.63, 3.8) is 0 Å². The lowest BCUT2D eigenvalue weighted by Crippen LogP contribution is -2.47. The third-order valence-corrected chi connectivity index (χ3v) is 18.3. The number of hydrogen-bond acceptors (Lipinski definition) is 2. The molecule has 0 amide bonds. The van der Waals surface area contributed by atoms with E-state index in [-0.39, 0.29) is 98.8 Å². The summed E-state index contributed by atoms with van der Waals surface area (Å²) >= 11 is 0. The summed E-state index contributed by atoms with van der Waals surface area (Å²) in [6.45, 7) is 0. The predicted octanol–water partition coefficient (Wildman–Crippen LogP) is 3.85. The van der Waals surface area contributed by atoms with Gasteiger partial charge in [-0.15, -0.1) is 21.9 Å². The van der Waals surface area contributed by atoms with Gasteiger partial charge < -0.3 is 8.83 Å². The van der Waals surface area contributed by atoms with Gasteiger partial charge in [-0.05, 0) is 143 Å². The average molecular weight is 1080 g/mol. The van der Waals surface area contributed by atoms with Crippen molar-refractivity contribution in [1.29, 1.82) is 0 Å². The van der Waals surface area contributed by atoms with Gasteiger partial charge in [-0.25, -0.2) is 0 Å². The first-order chi connectivity index (χ1) is 42.5. The van der Waals surface area contributed by atoms with Gasteiger partial charge in [0.2, 0.25) is 0 Å². The number of fused-ring (bicyclic) bond motifs is 12. The van der Waals surface area contributed by atoms with Crippen LogP contribution in [0.5, 0.6) is 0 Å². The number of rotatable bonds is 5. The van der Waals surface area contributed by atoms with Crippen LogP contribution in [0.4, 0.5) is 0 Å². The van der Waals surface area contributed by atoms with Gasteiger partial charge in [0.15, 0.2) is 0 Å². The van der Waals surface area contributed by atoms with Crippen LogP contribution in [0.15, 0.2) is 179 Å². The third-order valence-electron chi connectivity index (χ3n) is 18.3. The zero-order valence-corrected chi connectivity index (χ0v) is 47.1. The van der Waals surface area contributed by atoms with E-state index in [1.165, 1.54) is 0 Å². The minimum atomic E-state index is 0.111. The highest BCUT2D eigenvalue weighted by molar-refractivity contribution is 6.71. The lowest BCUT2D eigenvalue weighted by molar-refractivity contribution is 0.674. The molecule has 0 N–H and O–H groups in total. The summed E-state index contributed by atoms with van der Waals surface area (Å²) in [5.41, 5.74) is 12.6. The van der Waals surface area contributed by atoms with Crippen molar-refractivity contribution in [2.45, 2.75) is 0 Å². The maximum Gasteiger partial charge on any atom is 0.128 e. The summed E-state index contributed by atoms with van der Waals surface area (Å²) in [4.78, 5) is 0. The minimum Gasteiger partial charge on any atom is -0.457 e. The lowest BCUT2D eigenvalue weighted by Gasteiger charge is -2.23.